The number of aromatic nitrogens is 1. The number of nitrogens with zero attached hydrogens (tertiary/aromatic N) is 1. The molecule has 0 aliphatic carbocycles. The van der Waals surface area contributed by atoms with Crippen LogP contribution in [0.15, 0.2) is 12.1 Å². The number of halogens is 3. The molecule has 0 fully saturated rings. The number of rotatable bonds is 0. The second-order valence-electron chi connectivity index (χ2n) is 4.60. The van der Waals surface area contributed by atoms with Gasteiger partial charge < -0.3 is 0 Å². The minimum absolute atomic E-state index is 0.237. The van der Waals surface area contributed by atoms with E-state index in [0.717, 1.165) is 0 Å². The molecule has 0 aromatic carbocycles. The van der Waals surface area contributed by atoms with Gasteiger partial charge in [0, 0.05) is 5.69 Å². The molecule has 0 atom stereocenters. The van der Waals surface area contributed by atoms with E-state index in [-0.39, 0.29) is 5.56 Å². The highest BCUT2D eigenvalue weighted by molar-refractivity contribution is 5.31. The van der Waals surface area contributed by atoms with Crippen molar-refractivity contribution in [2.75, 3.05) is 0 Å². The third-order valence-corrected chi connectivity index (χ3v) is 2.11. The quantitative estimate of drug-likeness (QED) is 0.645. The summed E-state index contributed by atoms with van der Waals surface area (Å²) in [6.07, 6.45) is -4.38. The van der Waals surface area contributed by atoms with Gasteiger partial charge in [-0.2, -0.15) is 13.2 Å². The Hall–Kier alpha value is -1.06. The number of aryl methyl sites for hydroxylation is 1. The summed E-state index contributed by atoms with van der Waals surface area (Å²) in [5.74, 6) is 0. The SMILES string of the molecule is Cc1ccc(C(C)(C)C)c(C(F)(F)F)n1. The zero-order valence-corrected chi connectivity index (χ0v) is 9.24. The van der Waals surface area contributed by atoms with Crippen LogP contribution in [0.4, 0.5) is 13.2 Å². The fourth-order valence-electron chi connectivity index (χ4n) is 1.38. The molecule has 0 radical (unpaired) electrons. The molecule has 1 aromatic rings. The normalized spacial score (nSPS) is 13.0. The molecule has 0 bridgehead atoms. The van der Waals surface area contributed by atoms with Crippen LogP contribution in [-0.2, 0) is 11.6 Å². The van der Waals surface area contributed by atoms with Crippen molar-refractivity contribution < 1.29 is 13.2 Å². The number of hydrogen-bond donors (Lipinski definition) is 0. The first-order valence-corrected chi connectivity index (χ1v) is 4.67. The van der Waals surface area contributed by atoms with Crippen LogP contribution in [0.3, 0.4) is 0 Å². The van der Waals surface area contributed by atoms with Gasteiger partial charge in [-0.3, -0.25) is 0 Å². The van der Waals surface area contributed by atoms with Crippen LogP contribution in [0.25, 0.3) is 0 Å². The lowest BCUT2D eigenvalue weighted by Gasteiger charge is -2.23. The Labute approximate surface area is 87.3 Å². The third-order valence-electron chi connectivity index (χ3n) is 2.11. The molecule has 0 unspecified atom stereocenters. The molecule has 0 amide bonds. The molecular formula is C11H14F3N. The lowest BCUT2D eigenvalue weighted by Crippen LogP contribution is -2.21. The maximum absolute atomic E-state index is 12.7. The fraction of sp³-hybridized carbons (Fsp3) is 0.545. The average molecular weight is 217 g/mol. The van der Waals surface area contributed by atoms with Crippen molar-refractivity contribution in [2.24, 2.45) is 0 Å². The second kappa shape index (κ2) is 3.51. The van der Waals surface area contributed by atoms with E-state index in [0.29, 0.717) is 5.69 Å². The molecular weight excluding hydrogens is 203 g/mol. The Morgan fingerprint density at radius 3 is 2.00 bits per heavy atom. The van der Waals surface area contributed by atoms with Crippen LogP contribution >= 0.6 is 0 Å². The standard InChI is InChI=1S/C11H14F3N/c1-7-5-6-8(10(2,3)4)9(15-7)11(12,13)14/h5-6H,1-4H3. The van der Waals surface area contributed by atoms with Crippen molar-refractivity contribution in [2.45, 2.75) is 39.3 Å². The van der Waals surface area contributed by atoms with E-state index in [1.807, 2.05) is 0 Å². The van der Waals surface area contributed by atoms with Crippen molar-refractivity contribution in [1.29, 1.82) is 0 Å². The van der Waals surface area contributed by atoms with Gasteiger partial charge in [-0.15, -0.1) is 0 Å². The van der Waals surface area contributed by atoms with E-state index >= 15 is 0 Å². The predicted octanol–water partition coefficient (Wildman–Crippen LogP) is 3.71. The topological polar surface area (TPSA) is 12.9 Å². The molecule has 0 saturated heterocycles. The Morgan fingerprint density at radius 1 is 1.07 bits per heavy atom. The highest BCUT2D eigenvalue weighted by Gasteiger charge is 2.38. The van der Waals surface area contributed by atoms with Gasteiger partial charge in [0.15, 0.2) is 0 Å². The van der Waals surface area contributed by atoms with Crippen LogP contribution in [-0.4, -0.2) is 4.98 Å². The van der Waals surface area contributed by atoms with E-state index in [1.54, 1.807) is 33.8 Å². The minimum atomic E-state index is -4.38. The van der Waals surface area contributed by atoms with E-state index in [2.05, 4.69) is 4.98 Å². The van der Waals surface area contributed by atoms with Gasteiger partial charge >= 0.3 is 6.18 Å². The summed E-state index contributed by atoms with van der Waals surface area (Å²) in [7, 11) is 0. The summed E-state index contributed by atoms with van der Waals surface area (Å²) in [6, 6.07) is 3.11. The van der Waals surface area contributed by atoms with E-state index in [1.165, 1.54) is 6.07 Å². The summed E-state index contributed by atoms with van der Waals surface area (Å²) in [5.41, 5.74) is -0.697. The van der Waals surface area contributed by atoms with Gasteiger partial charge in [-0.05, 0) is 24.0 Å². The smallest absolute Gasteiger partial charge is 0.248 e. The molecule has 1 rings (SSSR count). The van der Waals surface area contributed by atoms with Crippen molar-refractivity contribution in [3.63, 3.8) is 0 Å². The van der Waals surface area contributed by atoms with Gasteiger partial charge in [0.25, 0.3) is 0 Å². The molecule has 0 aliphatic rings. The summed E-state index contributed by atoms with van der Waals surface area (Å²) in [4.78, 5) is 3.59. The predicted molar refractivity (Wildman–Crippen MR) is 52.7 cm³/mol. The molecule has 1 nitrogen and oxygen atoms in total. The van der Waals surface area contributed by atoms with E-state index in [4.69, 9.17) is 0 Å². The minimum Gasteiger partial charge on any atom is -0.248 e. The van der Waals surface area contributed by atoms with Crippen LogP contribution < -0.4 is 0 Å². The Kier molecular flexibility index (Phi) is 2.81. The Bertz CT molecular complexity index is 361. The van der Waals surface area contributed by atoms with Crippen LogP contribution in [0.5, 0.6) is 0 Å². The lowest BCUT2D eigenvalue weighted by atomic mass is 9.85. The maximum Gasteiger partial charge on any atom is 0.433 e. The zero-order valence-electron chi connectivity index (χ0n) is 9.24. The molecule has 0 aliphatic heterocycles. The molecule has 84 valence electrons. The van der Waals surface area contributed by atoms with Crippen LogP contribution in [0.2, 0.25) is 0 Å². The molecule has 1 heterocycles. The molecule has 0 saturated carbocycles. The van der Waals surface area contributed by atoms with Crippen molar-refractivity contribution in [1.82, 2.24) is 4.98 Å². The maximum atomic E-state index is 12.7. The van der Waals surface area contributed by atoms with Crippen molar-refractivity contribution >= 4 is 0 Å². The van der Waals surface area contributed by atoms with Crippen molar-refractivity contribution in [3.05, 3.63) is 29.1 Å². The summed E-state index contributed by atoms with van der Waals surface area (Å²) in [6.45, 7) is 6.79. The van der Waals surface area contributed by atoms with Crippen LogP contribution in [0.1, 0.15) is 37.7 Å². The first-order chi connectivity index (χ1) is 6.62. The number of pyridine rings is 1. The number of alkyl halides is 3. The highest BCUT2D eigenvalue weighted by Crippen LogP contribution is 2.36. The second-order valence-corrected chi connectivity index (χ2v) is 4.60. The summed E-state index contributed by atoms with van der Waals surface area (Å²) in [5, 5.41) is 0. The molecule has 0 N–H and O–H groups in total. The Balaban J connectivity index is 3.41. The first-order valence-electron chi connectivity index (χ1n) is 4.67. The summed E-state index contributed by atoms with van der Waals surface area (Å²) < 4.78 is 38.1. The third kappa shape index (κ3) is 2.70. The van der Waals surface area contributed by atoms with Gasteiger partial charge in [0.1, 0.15) is 5.69 Å². The first kappa shape index (κ1) is 12.0. The largest absolute Gasteiger partial charge is 0.433 e. The van der Waals surface area contributed by atoms with Crippen LogP contribution in [0, 0.1) is 6.92 Å². The van der Waals surface area contributed by atoms with E-state index in [9.17, 15) is 13.2 Å². The van der Waals surface area contributed by atoms with E-state index < -0.39 is 17.3 Å². The van der Waals surface area contributed by atoms with Crippen molar-refractivity contribution in [3.8, 4) is 0 Å². The fourth-order valence-corrected chi connectivity index (χ4v) is 1.38. The van der Waals surface area contributed by atoms with Gasteiger partial charge in [-0.1, -0.05) is 26.8 Å². The highest BCUT2D eigenvalue weighted by atomic mass is 19.4. The van der Waals surface area contributed by atoms with Gasteiger partial charge in [0.05, 0.1) is 0 Å². The molecule has 15 heavy (non-hydrogen) atoms. The molecule has 0 spiro atoms. The van der Waals surface area contributed by atoms with Gasteiger partial charge in [-0.25, -0.2) is 4.98 Å². The zero-order chi connectivity index (χ0) is 11.9. The average Bonchev–Trinajstić information content (AvgIpc) is 2.00. The number of hydrogen-bond acceptors (Lipinski definition) is 1. The summed E-state index contributed by atoms with van der Waals surface area (Å²) >= 11 is 0. The Morgan fingerprint density at radius 2 is 1.60 bits per heavy atom. The molecule has 1 aromatic heterocycles. The molecule has 4 heteroatoms. The van der Waals surface area contributed by atoms with Gasteiger partial charge in [0.2, 0.25) is 0 Å². The monoisotopic (exact) mass is 217 g/mol. The lowest BCUT2D eigenvalue weighted by molar-refractivity contribution is -0.142.